The standard InChI is InChI=1S/C13H13ClFNO3/c14-8-2-3-10(15)9(6-8)12(19)16-13(4-1-5-13)7-11(17)18/h2-3,6H,1,4-5,7H2,(H,16,19)(H,17,18). The topological polar surface area (TPSA) is 66.4 Å². The zero-order chi connectivity index (χ0) is 14.0. The molecule has 1 aliphatic carbocycles. The van der Waals surface area contributed by atoms with E-state index in [1.807, 2.05) is 0 Å². The van der Waals surface area contributed by atoms with Gasteiger partial charge in [0, 0.05) is 5.02 Å². The van der Waals surface area contributed by atoms with Gasteiger partial charge in [0.15, 0.2) is 0 Å². The van der Waals surface area contributed by atoms with Crippen molar-refractivity contribution in [2.24, 2.45) is 0 Å². The second-order valence-corrected chi connectivity index (χ2v) is 5.22. The minimum atomic E-state index is -0.980. The Morgan fingerprint density at radius 1 is 1.42 bits per heavy atom. The van der Waals surface area contributed by atoms with Gasteiger partial charge in [0.1, 0.15) is 5.82 Å². The van der Waals surface area contributed by atoms with Crippen molar-refractivity contribution in [2.45, 2.75) is 31.2 Å². The number of amides is 1. The number of hydrogen-bond acceptors (Lipinski definition) is 2. The highest BCUT2D eigenvalue weighted by atomic mass is 35.5. The van der Waals surface area contributed by atoms with Gasteiger partial charge in [-0.05, 0) is 37.5 Å². The lowest BCUT2D eigenvalue weighted by atomic mass is 9.74. The maximum atomic E-state index is 13.5. The van der Waals surface area contributed by atoms with E-state index in [0.717, 1.165) is 12.5 Å². The molecule has 1 aliphatic rings. The zero-order valence-corrected chi connectivity index (χ0v) is 10.8. The molecular weight excluding hydrogens is 273 g/mol. The molecule has 2 rings (SSSR count). The van der Waals surface area contributed by atoms with Crippen LogP contribution in [-0.4, -0.2) is 22.5 Å². The smallest absolute Gasteiger partial charge is 0.305 e. The Labute approximate surface area is 114 Å². The number of carbonyl (C=O) groups is 2. The summed E-state index contributed by atoms with van der Waals surface area (Å²) in [5, 5.41) is 11.7. The van der Waals surface area contributed by atoms with Crippen LogP contribution in [0.15, 0.2) is 18.2 Å². The number of rotatable bonds is 4. The predicted octanol–water partition coefficient (Wildman–Crippen LogP) is 2.61. The molecule has 0 atom stereocenters. The van der Waals surface area contributed by atoms with Crippen molar-refractivity contribution in [1.82, 2.24) is 5.32 Å². The molecule has 0 aromatic heterocycles. The molecule has 1 fully saturated rings. The van der Waals surface area contributed by atoms with Gasteiger partial charge in [0.05, 0.1) is 17.5 Å². The van der Waals surface area contributed by atoms with E-state index < -0.39 is 23.2 Å². The molecule has 1 aromatic carbocycles. The van der Waals surface area contributed by atoms with Gasteiger partial charge in [-0.3, -0.25) is 9.59 Å². The Kier molecular flexibility index (Phi) is 3.75. The van der Waals surface area contributed by atoms with Crippen LogP contribution < -0.4 is 5.32 Å². The molecule has 19 heavy (non-hydrogen) atoms. The number of carboxylic acids is 1. The summed E-state index contributed by atoms with van der Waals surface area (Å²) >= 11 is 5.72. The molecule has 0 aliphatic heterocycles. The van der Waals surface area contributed by atoms with Gasteiger partial charge in [0.25, 0.3) is 5.91 Å². The fourth-order valence-electron chi connectivity index (χ4n) is 2.22. The van der Waals surface area contributed by atoms with Crippen LogP contribution in [0.25, 0.3) is 0 Å². The summed E-state index contributed by atoms with van der Waals surface area (Å²) in [6, 6.07) is 3.70. The van der Waals surface area contributed by atoms with Gasteiger partial charge in [0.2, 0.25) is 0 Å². The van der Waals surface area contributed by atoms with Crippen molar-refractivity contribution >= 4 is 23.5 Å². The number of carbonyl (C=O) groups excluding carboxylic acids is 1. The molecule has 0 unspecified atom stereocenters. The molecule has 0 heterocycles. The quantitative estimate of drug-likeness (QED) is 0.893. The molecule has 0 saturated heterocycles. The summed E-state index contributed by atoms with van der Waals surface area (Å²) in [7, 11) is 0. The van der Waals surface area contributed by atoms with E-state index >= 15 is 0 Å². The highest BCUT2D eigenvalue weighted by Crippen LogP contribution is 2.35. The van der Waals surface area contributed by atoms with Gasteiger partial charge < -0.3 is 10.4 Å². The first-order chi connectivity index (χ1) is 8.92. The highest BCUT2D eigenvalue weighted by Gasteiger charge is 2.40. The number of hydrogen-bond donors (Lipinski definition) is 2. The normalized spacial score (nSPS) is 16.5. The third-order valence-electron chi connectivity index (χ3n) is 3.35. The molecule has 1 saturated carbocycles. The highest BCUT2D eigenvalue weighted by molar-refractivity contribution is 6.31. The first kappa shape index (κ1) is 13.8. The van der Waals surface area contributed by atoms with E-state index in [9.17, 15) is 14.0 Å². The number of halogens is 2. The molecular formula is C13H13ClFNO3. The second kappa shape index (κ2) is 5.17. The fraction of sp³-hybridized carbons (Fsp3) is 0.385. The Balaban J connectivity index is 2.16. The molecule has 1 amide bonds. The van der Waals surface area contributed by atoms with Crippen LogP contribution >= 0.6 is 11.6 Å². The van der Waals surface area contributed by atoms with Crippen LogP contribution in [0.4, 0.5) is 4.39 Å². The zero-order valence-electron chi connectivity index (χ0n) is 10.1. The predicted molar refractivity (Wildman–Crippen MR) is 67.7 cm³/mol. The van der Waals surface area contributed by atoms with Crippen LogP contribution in [0.3, 0.4) is 0 Å². The van der Waals surface area contributed by atoms with Gasteiger partial charge in [-0.15, -0.1) is 0 Å². The molecule has 1 aromatic rings. The Hall–Kier alpha value is -1.62. The lowest BCUT2D eigenvalue weighted by Crippen LogP contribution is -2.54. The minimum Gasteiger partial charge on any atom is -0.481 e. The Morgan fingerprint density at radius 3 is 2.63 bits per heavy atom. The fourth-order valence-corrected chi connectivity index (χ4v) is 2.39. The van der Waals surface area contributed by atoms with Gasteiger partial charge in [-0.1, -0.05) is 11.6 Å². The molecule has 6 heteroatoms. The molecule has 2 N–H and O–H groups in total. The van der Waals surface area contributed by atoms with E-state index in [2.05, 4.69) is 5.32 Å². The maximum Gasteiger partial charge on any atom is 0.305 e. The van der Waals surface area contributed by atoms with E-state index in [0.29, 0.717) is 12.8 Å². The van der Waals surface area contributed by atoms with Crippen molar-refractivity contribution in [1.29, 1.82) is 0 Å². The molecule has 102 valence electrons. The Morgan fingerprint density at radius 2 is 2.11 bits per heavy atom. The van der Waals surface area contributed by atoms with Gasteiger partial charge in [-0.2, -0.15) is 0 Å². The summed E-state index contributed by atoms with van der Waals surface area (Å²) in [6.07, 6.45) is 1.88. The summed E-state index contributed by atoms with van der Waals surface area (Å²) in [4.78, 5) is 22.8. The second-order valence-electron chi connectivity index (χ2n) is 4.78. The lowest BCUT2D eigenvalue weighted by molar-refractivity contribution is -0.139. The molecule has 4 nitrogen and oxygen atoms in total. The largest absolute Gasteiger partial charge is 0.481 e. The lowest BCUT2D eigenvalue weighted by Gasteiger charge is -2.41. The SMILES string of the molecule is O=C(O)CC1(NC(=O)c2cc(Cl)ccc2F)CCC1. The summed E-state index contributed by atoms with van der Waals surface area (Å²) in [6.45, 7) is 0. The van der Waals surface area contributed by atoms with Crippen molar-refractivity contribution in [3.8, 4) is 0 Å². The van der Waals surface area contributed by atoms with Crippen LogP contribution in [0, 0.1) is 5.82 Å². The first-order valence-electron chi connectivity index (χ1n) is 5.91. The third kappa shape index (κ3) is 3.04. The third-order valence-corrected chi connectivity index (χ3v) is 3.59. The van der Waals surface area contributed by atoms with E-state index in [4.69, 9.17) is 16.7 Å². The average molecular weight is 286 g/mol. The minimum absolute atomic E-state index is 0.152. The summed E-state index contributed by atoms with van der Waals surface area (Å²) < 4.78 is 13.5. The number of nitrogens with one attached hydrogen (secondary N) is 1. The van der Waals surface area contributed by atoms with E-state index in [-0.39, 0.29) is 17.0 Å². The molecule has 0 radical (unpaired) electrons. The van der Waals surface area contributed by atoms with Crippen LogP contribution in [0.2, 0.25) is 5.02 Å². The number of carboxylic acid groups (broad SMARTS) is 1. The van der Waals surface area contributed by atoms with Crippen LogP contribution in [-0.2, 0) is 4.79 Å². The summed E-state index contributed by atoms with van der Waals surface area (Å²) in [5.41, 5.74) is -0.915. The average Bonchev–Trinajstić information content (AvgIpc) is 2.28. The van der Waals surface area contributed by atoms with E-state index in [1.54, 1.807) is 0 Å². The molecule has 0 bridgehead atoms. The van der Waals surface area contributed by atoms with E-state index in [1.165, 1.54) is 12.1 Å². The van der Waals surface area contributed by atoms with Gasteiger partial charge >= 0.3 is 5.97 Å². The number of benzene rings is 1. The van der Waals surface area contributed by atoms with Crippen LogP contribution in [0.1, 0.15) is 36.0 Å². The van der Waals surface area contributed by atoms with Crippen LogP contribution in [0.5, 0.6) is 0 Å². The van der Waals surface area contributed by atoms with Crippen molar-refractivity contribution < 1.29 is 19.1 Å². The first-order valence-corrected chi connectivity index (χ1v) is 6.29. The monoisotopic (exact) mass is 285 g/mol. The van der Waals surface area contributed by atoms with Crippen molar-refractivity contribution in [2.75, 3.05) is 0 Å². The summed E-state index contributed by atoms with van der Waals surface area (Å²) in [5.74, 6) is -2.28. The van der Waals surface area contributed by atoms with Crippen molar-refractivity contribution in [3.63, 3.8) is 0 Å². The Bertz CT molecular complexity index is 529. The number of aliphatic carboxylic acids is 1. The maximum absolute atomic E-state index is 13.5. The molecule has 0 spiro atoms. The van der Waals surface area contributed by atoms with Crippen molar-refractivity contribution in [3.05, 3.63) is 34.6 Å². The van der Waals surface area contributed by atoms with Gasteiger partial charge in [-0.25, -0.2) is 4.39 Å².